The van der Waals surface area contributed by atoms with Crippen molar-refractivity contribution < 1.29 is 29.4 Å². The third kappa shape index (κ3) is 2.28. The molecule has 0 aromatic carbocycles. The van der Waals surface area contributed by atoms with Gasteiger partial charge >= 0.3 is 0 Å². The average molecular weight is 364 g/mol. The lowest BCUT2D eigenvalue weighted by molar-refractivity contribution is -0.186. The minimum Gasteiger partial charge on any atom is -0.395 e. The van der Waals surface area contributed by atoms with Crippen molar-refractivity contribution in [2.75, 3.05) is 26.3 Å². The summed E-state index contributed by atoms with van der Waals surface area (Å²) in [6.07, 6.45) is 2.10. The number of hydrogen-bond donors (Lipinski definition) is 2. The number of piperidine rings is 2. The maximum atomic E-state index is 12.8. The first-order valence-electron chi connectivity index (χ1n) is 9.43. The van der Waals surface area contributed by atoms with E-state index in [1.165, 1.54) is 9.80 Å². The third-order valence-corrected chi connectivity index (χ3v) is 6.86. The van der Waals surface area contributed by atoms with E-state index >= 15 is 0 Å². The summed E-state index contributed by atoms with van der Waals surface area (Å²) in [5, 5.41) is 18.4. The van der Waals surface area contributed by atoms with Crippen LogP contribution in [0.3, 0.4) is 0 Å². The smallest absolute Gasteiger partial charge is 0.232 e. The van der Waals surface area contributed by atoms with Gasteiger partial charge < -0.3 is 10.2 Å². The highest BCUT2D eigenvalue weighted by atomic mass is 16.3. The van der Waals surface area contributed by atoms with Crippen molar-refractivity contribution in [3.63, 3.8) is 0 Å². The van der Waals surface area contributed by atoms with Crippen LogP contribution in [0.5, 0.6) is 0 Å². The lowest BCUT2D eigenvalue weighted by Gasteiger charge is -2.57. The SMILES string of the molecule is O=C1C2CCC3C(=O)N(CCO)C(=O)C4CCC(C(=O)N1CCO)C2C34. The first kappa shape index (κ1) is 17.6. The van der Waals surface area contributed by atoms with E-state index in [0.717, 1.165) is 0 Å². The number of imide groups is 2. The van der Waals surface area contributed by atoms with Gasteiger partial charge in [0.15, 0.2) is 0 Å². The van der Waals surface area contributed by atoms with Crippen LogP contribution >= 0.6 is 0 Å². The normalized spacial score (nSPS) is 39.3. The second kappa shape index (κ2) is 6.42. The molecule has 0 spiro atoms. The Labute approximate surface area is 151 Å². The van der Waals surface area contributed by atoms with E-state index in [9.17, 15) is 29.4 Å². The number of likely N-dealkylation sites (tertiary alicyclic amines) is 2. The molecule has 4 fully saturated rings. The molecule has 26 heavy (non-hydrogen) atoms. The highest BCUT2D eigenvalue weighted by Crippen LogP contribution is 2.56. The number of rotatable bonds is 4. The minimum absolute atomic E-state index is 0.0110. The summed E-state index contributed by atoms with van der Waals surface area (Å²) in [7, 11) is 0. The molecule has 4 unspecified atom stereocenters. The Balaban J connectivity index is 1.70. The van der Waals surface area contributed by atoms with Gasteiger partial charge in [0.1, 0.15) is 0 Å². The van der Waals surface area contributed by atoms with Crippen LogP contribution in [0.1, 0.15) is 25.7 Å². The molecule has 2 N–H and O–H groups in total. The Bertz CT molecular complexity index is 560. The summed E-state index contributed by atoms with van der Waals surface area (Å²) in [6, 6.07) is 0. The van der Waals surface area contributed by atoms with Gasteiger partial charge in [-0.05, 0) is 37.5 Å². The Morgan fingerprint density at radius 1 is 0.615 bits per heavy atom. The fourth-order valence-electron chi connectivity index (χ4n) is 5.93. The van der Waals surface area contributed by atoms with Crippen LogP contribution in [0.15, 0.2) is 0 Å². The molecule has 0 aromatic rings. The van der Waals surface area contributed by atoms with Crippen LogP contribution in [0.2, 0.25) is 0 Å². The van der Waals surface area contributed by atoms with Gasteiger partial charge in [-0.15, -0.1) is 0 Å². The standard InChI is InChI=1S/C18H24N2O6/c21-7-5-19-15(23)9-1-2-10-14-12(4-3-11(13(9)14)17(19)25)18(26)20(6-8-22)16(10)24/h9-14,21-22H,1-8H2. The predicted molar refractivity (Wildman–Crippen MR) is 87.0 cm³/mol. The van der Waals surface area contributed by atoms with Gasteiger partial charge in [-0.2, -0.15) is 0 Å². The number of nitrogens with zero attached hydrogens (tertiary/aromatic N) is 2. The highest BCUT2D eigenvalue weighted by molar-refractivity contribution is 6.03. The number of β-amino-alcohol motifs (C(OH)–C–C–N with tert-alkyl or cyclic N) is 2. The van der Waals surface area contributed by atoms with Crippen LogP contribution in [-0.2, 0) is 19.2 Å². The van der Waals surface area contributed by atoms with Crippen molar-refractivity contribution in [2.24, 2.45) is 35.5 Å². The molecule has 8 nitrogen and oxygen atoms in total. The topological polar surface area (TPSA) is 115 Å². The summed E-state index contributed by atoms with van der Waals surface area (Å²) < 4.78 is 0. The Hall–Kier alpha value is -1.80. The van der Waals surface area contributed by atoms with Crippen molar-refractivity contribution in [3.8, 4) is 0 Å². The number of carbonyl (C=O) groups is 4. The lowest BCUT2D eigenvalue weighted by Crippen LogP contribution is -2.66. The molecule has 2 saturated heterocycles. The molecular weight excluding hydrogens is 340 g/mol. The van der Waals surface area contributed by atoms with Crippen molar-refractivity contribution in [1.82, 2.24) is 9.80 Å². The van der Waals surface area contributed by atoms with Crippen molar-refractivity contribution in [1.29, 1.82) is 0 Å². The van der Waals surface area contributed by atoms with Crippen molar-refractivity contribution in [2.45, 2.75) is 25.7 Å². The molecule has 0 radical (unpaired) electrons. The zero-order chi connectivity index (χ0) is 18.6. The second-order valence-corrected chi connectivity index (χ2v) is 7.84. The van der Waals surface area contributed by atoms with Crippen LogP contribution in [0, 0.1) is 35.5 Å². The average Bonchev–Trinajstić information content (AvgIpc) is 2.64. The Morgan fingerprint density at radius 2 is 0.885 bits per heavy atom. The number of aliphatic hydroxyl groups is 2. The van der Waals surface area contributed by atoms with E-state index in [1.54, 1.807) is 0 Å². The lowest BCUT2D eigenvalue weighted by atomic mass is 9.51. The monoisotopic (exact) mass is 364 g/mol. The minimum atomic E-state index is -0.349. The van der Waals surface area contributed by atoms with Gasteiger partial charge in [-0.3, -0.25) is 29.0 Å². The fraction of sp³-hybridized carbons (Fsp3) is 0.778. The van der Waals surface area contributed by atoms with Crippen LogP contribution in [0.4, 0.5) is 0 Å². The largest absolute Gasteiger partial charge is 0.395 e. The molecule has 142 valence electrons. The highest BCUT2D eigenvalue weighted by Gasteiger charge is 2.62. The first-order chi connectivity index (χ1) is 12.5. The molecule has 4 rings (SSSR count). The van der Waals surface area contributed by atoms with E-state index in [2.05, 4.69) is 0 Å². The second-order valence-electron chi connectivity index (χ2n) is 7.84. The van der Waals surface area contributed by atoms with E-state index in [-0.39, 0.29) is 85.4 Å². The number of amides is 4. The number of carbonyl (C=O) groups excluding carboxylic acids is 4. The summed E-state index contributed by atoms with van der Waals surface area (Å²) in [5.74, 6) is -2.96. The quantitative estimate of drug-likeness (QED) is 0.618. The molecule has 4 aliphatic rings. The molecule has 2 heterocycles. The molecule has 2 aliphatic heterocycles. The van der Waals surface area contributed by atoms with Crippen molar-refractivity contribution in [3.05, 3.63) is 0 Å². The molecule has 8 heteroatoms. The zero-order valence-corrected chi connectivity index (χ0v) is 14.5. The molecule has 0 bridgehead atoms. The van der Waals surface area contributed by atoms with E-state index in [1.807, 2.05) is 0 Å². The zero-order valence-electron chi connectivity index (χ0n) is 14.5. The van der Waals surface area contributed by atoms with Gasteiger partial charge in [0.25, 0.3) is 0 Å². The fourth-order valence-corrected chi connectivity index (χ4v) is 5.93. The molecule has 2 aliphatic carbocycles. The number of hydrogen-bond acceptors (Lipinski definition) is 6. The Kier molecular flexibility index (Phi) is 4.35. The molecule has 4 atom stereocenters. The molecule has 0 aromatic heterocycles. The van der Waals surface area contributed by atoms with E-state index in [0.29, 0.717) is 25.7 Å². The van der Waals surface area contributed by atoms with Crippen LogP contribution < -0.4 is 0 Å². The van der Waals surface area contributed by atoms with Crippen molar-refractivity contribution >= 4 is 23.6 Å². The van der Waals surface area contributed by atoms with Gasteiger partial charge in [-0.25, -0.2) is 0 Å². The van der Waals surface area contributed by atoms with E-state index in [4.69, 9.17) is 0 Å². The molecule has 2 saturated carbocycles. The van der Waals surface area contributed by atoms with Gasteiger partial charge in [-0.1, -0.05) is 0 Å². The molecule has 4 amide bonds. The summed E-state index contributed by atoms with van der Waals surface area (Å²) in [6.45, 7) is -0.499. The summed E-state index contributed by atoms with van der Waals surface area (Å²) in [4.78, 5) is 53.6. The summed E-state index contributed by atoms with van der Waals surface area (Å²) in [5.41, 5.74) is 0. The summed E-state index contributed by atoms with van der Waals surface area (Å²) >= 11 is 0. The van der Waals surface area contributed by atoms with Crippen LogP contribution in [0.25, 0.3) is 0 Å². The van der Waals surface area contributed by atoms with Gasteiger partial charge in [0.2, 0.25) is 23.6 Å². The van der Waals surface area contributed by atoms with Gasteiger partial charge in [0.05, 0.1) is 26.3 Å². The maximum absolute atomic E-state index is 12.8. The number of aliphatic hydroxyl groups excluding tert-OH is 2. The first-order valence-corrected chi connectivity index (χ1v) is 9.43. The van der Waals surface area contributed by atoms with Crippen LogP contribution in [-0.4, -0.2) is 69.9 Å². The maximum Gasteiger partial charge on any atom is 0.232 e. The third-order valence-electron chi connectivity index (χ3n) is 6.86. The predicted octanol–water partition coefficient (Wildman–Crippen LogP) is -1.01. The van der Waals surface area contributed by atoms with E-state index < -0.39 is 0 Å². The Morgan fingerprint density at radius 3 is 1.12 bits per heavy atom. The molecular formula is C18H24N2O6. The van der Waals surface area contributed by atoms with Gasteiger partial charge in [0, 0.05) is 23.7 Å².